The predicted molar refractivity (Wildman–Crippen MR) is 83.6 cm³/mol. The summed E-state index contributed by atoms with van der Waals surface area (Å²) in [6.07, 6.45) is 0. The highest BCUT2D eigenvalue weighted by atomic mass is 32.2. The van der Waals surface area contributed by atoms with Crippen LogP contribution in [-0.2, 0) is 14.8 Å². The molecule has 0 unspecified atom stereocenters. The summed E-state index contributed by atoms with van der Waals surface area (Å²) in [7, 11) is -3.57. The lowest BCUT2D eigenvalue weighted by Gasteiger charge is -2.46. The SMILES string of the molecule is Cc1ccc(S(=O)(=O)N2CC(C)(C)OC(C)(C)C2)cc1N. The van der Waals surface area contributed by atoms with Crippen LogP contribution in [0.4, 0.5) is 5.69 Å². The fraction of sp³-hybridized carbons (Fsp3) is 0.600. The number of morpholine rings is 1. The summed E-state index contributed by atoms with van der Waals surface area (Å²) in [5.41, 5.74) is 6.16. The van der Waals surface area contributed by atoms with Crippen LogP contribution in [0.25, 0.3) is 0 Å². The Bertz CT molecular complexity index is 635. The summed E-state index contributed by atoms with van der Waals surface area (Å²) in [4.78, 5) is 0.235. The Morgan fingerprint density at radius 1 is 1.14 bits per heavy atom. The highest BCUT2D eigenvalue weighted by Crippen LogP contribution is 2.32. The van der Waals surface area contributed by atoms with E-state index in [9.17, 15) is 8.42 Å². The number of nitrogens with zero attached hydrogens (tertiary/aromatic N) is 1. The van der Waals surface area contributed by atoms with E-state index < -0.39 is 21.2 Å². The molecule has 1 saturated heterocycles. The molecule has 0 aliphatic carbocycles. The summed E-state index contributed by atoms with van der Waals surface area (Å²) >= 11 is 0. The molecule has 118 valence electrons. The molecule has 1 fully saturated rings. The van der Waals surface area contributed by atoms with Gasteiger partial charge in [-0.3, -0.25) is 0 Å². The van der Waals surface area contributed by atoms with Gasteiger partial charge in [-0.1, -0.05) is 6.07 Å². The highest BCUT2D eigenvalue weighted by molar-refractivity contribution is 7.89. The Labute approximate surface area is 127 Å². The Morgan fingerprint density at radius 2 is 1.67 bits per heavy atom. The van der Waals surface area contributed by atoms with Gasteiger partial charge in [-0.2, -0.15) is 4.31 Å². The first-order chi connectivity index (χ1) is 9.43. The number of nitrogen functional groups attached to an aromatic ring is 1. The Morgan fingerprint density at radius 3 is 2.14 bits per heavy atom. The van der Waals surface area contributed by atoms with Gasteiger partial charge in [0.1, 0.15) is 0 Å². The van der Waals surface area contributed by atoms with Gasteiger partial charge >= 0.3 is 0 Å². The van der Waals surface area contributed by atoms with Crippen LogP contribution >= 0.6 is 0 Å². The first kappa shape index (κ1) is 16.3. The van der Waals surface area contributed by atoms with E-state index in [1.165, 1.54) is 10.4 Å². The van der Waals surface area contributed by atoms with E-state index in [0.29, 0.717) is 18.8 Å². The molecular formula is C15H24N2O3S. The molecule has 0 amide bonds. The quantitative estimate of drug-likeness (QED) is 0.849. The lowest BCUT2D eigenvalue weighted by atomic mass is 10.0. The number of hydrogen-bond donors (Lipinski definition) is 1. The second-order valence-corrected chi connectivity index (χ2v) is 8.85. The standard InChI is InChI=1S/C15H24N2O3S/c1-11-6-7-12(8-13(11)16)21(18,19)17-9-14(2,3)20-15(4,5)10-17/h6-8H,9-10,16H2,1-5H3. The van der Waals surface area contributed by atoms with Crippen molar-refractivity contribution in [1.82, 2.24) is 4.31 Å². The zero-order valence-electron chi connectivity index (χ0n) is 13.3. The Kier molecular flexibility index (Phi) is 3.85. The lowest BCUT2D eigenvalue weighted by molar-refractivity contribution is -0.163. The minimum Gasteiger partial charge on any atom is -0.398 e. The van der Waals surface area contributed by atoms with Crippen LogP contribution in [0, 0.1) is 6.92 Å². The second kappa shape index (κ2) is 4.97. The van der Waals surface area contributed by atoms with Gasteiger partial charge in [0.15, 0.2) is 0 Å². The number of sulfonamides is 1. The molecule has 0 saturated carbocycles. The predicted octanol–water partition coefficient (Wildman–Crippen LogP) is 2.16. The van der Waals surface area contributed by atoms with Gasteiger partial charge in [-0.25, -0.2) is 8.42 Å². The third kappa shape index (κ3) is 3.39. The zero-order chi connectivity index (χ0) is 16.1. The fourth-order valence-electron chi connectivity index (χ4n) is 2.82. The summed E-state index contributed by atoms with van der Waals surface area (Å²) < 4.78 is 33.1. The van der Waals surface area contributed by atoms with Crippen molar-refractivity contribution in [2.24, 2.45) is 0 Å². The first-order valence-electron chi connectivity index (χ1n) is 6.99. The molecule has 0 atom stereocenters. The van der Waals surface area contributed by atoms with Crippen molar-refractivity contribution in [3.8, 4) is 0 Å². The monoisotopic (exact) mass is 312 g/mol. The van der Waals surface area contributed by atoms with E-state index in [-0.39, 0.29) is 4.90 Å². The second-order valence-electron chi connectivity index (χ2n) is 6.91. The number of ether oxygens (including phenoxy) is 1. The summed E-state index contributed by atoms with van der Waals surface area (Å²) in [5.74, 6) is 0. The summed E-state index contributed by atoms with van der Waals surface area (Å²) in [6.45, 7) is 10.1. The van der Waals surface area contributed by atoms with Crippen molar-refractivity contribution in [2.75, 3.05) is 18.8 Å². The van der Waals surface area contributed by atoms with Gasteiger partial charge in [0, 0.05) is 18.8 Å². The maximum absolute atomic E-state index is 12.8. The number of hydrogen-bond acceptors (Lipinski definition) is 4. The number of nitrogens with two attached hydrogens (primary N) is 1. The molecule has 1 aromatic carbocycles. The minimum atomic E-state index is -3.57. The molecule has 0 radical (unpaired) electrons. The third-order valence-electron chi connectivity index (χ3n) is 3.56. The van der Waals surface area contributed by atoms with E-state index in [0.717, 1.165) is 5.56 Å². The number of anilines is 1. The van der Waals surface area contributed by atoms with Gasteiger partial charge in [0.2, 0.25) is 10.0 Å². The first-order valence-corrected chi connectivity index (χ1v) is 8.43. The molecule has 21 heavy (non-hydrogen) atoms. The van der Waals surface area contributed by atoms with Crippen molar-refractivity contribution in [2.45, 2.75) is 50.7 Å². The highest BCUT2D eigenvalue weighted by Gasteiger charge is 2.43. The fourth-order valence-corrected chi connectivity index (χ4v) is 4.59. The molecular weight excluding hydrogens is 288 g/mol. The van der Waals surface area contributed by atoms with Crippen LogP contribution < -0.4 is 5.73 Å². The lowest BCUT2D eigenvalue weighted by Crippen LogP contribution is -2.58. The molecule has 0 bridgehead atoms. The maximum atomic E-state index is 12.8. The van der Waals surface area contributed by atoms with Crippen molar-refractivity contribution >= 4 is 15.7 Å². The number of rotatable bonds is 2. The number of benzene rings is 1. The molecule has 0 spiro atoms. The van der Waals surface area contributed by atoms with Gasteiger partial charge in [0.25, 0.3) is 0 Å². The molecule has 1 aliphatic heterocycles. The van der Waals surface area contributed by atoms with Crippen molar-refractivity contribution in [1.29, 1.82) is 0 Å². The summed E-state index contributed by atoms with van der Waals surface area (Å²) in [6, 6.07) is 4.87. The normalized spacial score (nSPS) is 22.1. The van der Waals surface area contributed by atoms with Crippen LogP contribution in [0.5, 0.6) is 0 Å². The van der Waals surface area contributed by atoms with Crippen molar-refractivity contribution in [3.63, 3.8) is 0 Å². The molecule has 2 rings (SSSR count). The molecule has 5 nitrogen and oxygen atoms in total. The molecule has 1 heterocycles. The van der Waals surface area contributed by atoms with Crippen LogP contribution in [0.15, 0.2) is 23.1 Å². The van der Waals surface area contributed by atoms with Crippen LogP contribution in [0.2, 0.25) is 0 Å². The largest absolute Gasteiger partial charge is 0.398 e. The maximum Gasteiger partial charge on any atom is 0.243 e. The molecule has 1 aromatic rings. The average molecular weight is 312 g/mol. The van der Waals surface area contributed by atoms with E-state index in [1.54, 1.807) is 12.1 Å². The van der Waals surface area contributed by atoms with Crippen molar-refractivity contribution in [3.05, 3.63) is 23.8 Å². The van der Waals surface area contributed by atoms with Gasteiger partial charge < -0.3 is 10.5 Å². The summed E-state index contributed by atoms with van der Waals surface area (Å²) in [5, 5.41) is 0. The number of aryl methyl sites for hydroxylation is 1. The third-order valence-corrected chi connectivity index (χ3v) is 5.34. The van der Waals surface area contributed by atoms with E-state index in [1.807, 2.05) is 34.6 Å². The zero-order valence-corrected chi connectivity index (χ0v) is 14.1. The van der Waals surface area contributed by atoms with Gasteiger partial charge in [-0.05, 0) is 52.3 Å². The van der Waals surface area contributed by atoms with E-state index in [2.05, 4.69) is 0 Å². The molecule has 0 aromatic heterocycles. The van der Waals surface area contributed by atoms with Crippen molar-refractivity contribution < 1.29 is 13.2 Å². The minimum absolute atomic E-state index is 0.235. The Balaban J connectivity index is 2.41. The van der Waals surface area contributed by atoms with Gasteiger partial charge in [-0.15, -0.1) is 0 Å². The Hall–Kier alpha value is -1.11. The smallest absolute Gasteiger partial charge is 0.243 e. The van der Waals surface area contributed by atoms with E-state index in [4.69, 9.17) is 10.5 Å². The van der Waals surface area contributed by atoms with Crippen LogP contribution in [-0.4, -0.2) is 37.0 Å². The molecule has 6 heteroatoms. The topological polar surface area (TPSA) is 72.6 Å². The van der Waals surface area contributed by atoms with E-state index >= 15 is 0 Å². The van der Waals surface area contributed by atoms with Crippen LogP contribution in [0.1, 0.15) is 33.3 Å². The molecule has 2 N–H and O–H groups in total. The van der Waals surface area contributed by atoms with Gasteiger partial charge in [0.05, 0.1) is 16.1 Å². The average Bonchev–Trinajstić information content (AvgIpc) is 2.28. The molecule has 1 aliphatic rings. The van der Waals surface area contributed by atoms with Crippen LogP contribution in [0.3, 0.4) is 0 Å².